The average molecular weight is 446 g/mol. The summed E-state index contributed by atoms with van der Waals surface area (Å²) in [5.74, 6) is -0.145. The first kappa shape index (κ1) is 21.9. The van der Waals surface area contributed by atoms with Crippen molar-refractivity contribution in [1.29, 1.82) is 0 Å². The van der Waals surface area contributed by atoms with Crippen LogP contribution in [0.3, 0.4) is 0 Å². The van der Waals surface area contributed by atoms with E-state index in [1.54, 1.807) is 6.07 Å². The number of ether oxygens (including phenoxy) is 1. The van der Waals surface area contributed by atoms with E-state index >= 15 is 0 Å². The van der Waals surface area contributed by atoms with Gasteiger partial charge in [-0.05, 0) is 23.1 Å². The van der Waals surface area contributed by atoms with Gasteiger partial charge in [-0.2, -0.15) is 0 Å². The van der Waals surface area contributed by atoms with Gasteiger partial charge in [0.25, 0.3) is 0 Å². The highest BCUT2D eigenvalue weighted by molar-refractivity contribution is 5.32. The van der Waals surface area contributed by atoms with E-state index in [-0.39, 0.29) is 17.3 Å². The first-order valence-electron chi connectivity index (χ1n) is 11.7. The largest absolute Gasteiger partial charge is 0.503 e. The topological polar surface area (TPSA) is 57.9 Å². The molecule has 0 amide bonds. The number of fused-ring (bicyclic) bond motifs is 1. The lowest BCUT2D eigenvalue weighted by atomic mass is 10.00. The minimum absolute atomic E-state index is 0.00396. The normalized spacial score (nSPS) is 19.4. The summed E-state index contributed by atoms with van der Waals surface area (Å²) in [7, 11) is 1.96. The van der Waals surface area contributed by atoms with Crippen LogP contribution < -0.4 is 5.43 Å². The number of benzene rings is 2. The number of pyridine rings is 1. The lowest BCUT2D eigenvalue weighted by Crippen LogP contribution is -2.39. The van der Waals surface area contributed by atoms with Crippen molar-refractivity contribution in [3.05, 3.63) is 99.0 Å². The van der Waals surface area contributed by atoms with Crippen molar-refractivity contribution in [2.45, 2.75) is 32.2 Å². The summed E-state index contributed by atoms with van der Waals surface area (Å²) in [6.07, 6.45) is 1.01. The summed E-state index contributed by atoms with van der Waals surface area (Å²) in [4.78, 5) is 17.3. The lowest BCUT2D eigenvalue weighted by molar-refractivity contribution is -0.0338. The molecule has 3 aromatic rings. The molecule has 6 heteroatoms. The molecule has 6 nitrogen and oxygen atoms in total. The standard InChI is InChI=1S/C27H31N3O3/c1-28-23(17-29-12-11-20-7-5-6-10-22(20)16-29)15-25(31)27(32)24(28)18-30-13-14-33-26(19-30)21-8-3-2-4-9-21/h2-10,15,26,32H,11-14,16-19H2,1H3/t26-/m0/s1. The van der Waals surface area contributed by atoms with Crippen LogP contribution in [0, 0.1) is 0 Å². The number of hydrogen-bond acceptors (Lipinski definition) is 5. The molecule has 1 N–H and O–H groups in total. The van der Waals surface area contributed by atoms with Crippen LogP contribution in [0.5, 0.6) is 5.75 Å². The molecule has 0 radical (unpaired) electrons. The first-order chi connectivity index (χ1) is 16.1. The van der Waals surface area contributed by atoms with Crippen molar-refractivity contribution in [3.63, 3.8) is 0 Å². The van der Waals surface area contributed by atoms with E-state index in [0.717, 1.165) is 43.9 Å². The Hall–Kier alpha value is -2.93. The summed E-state index contributed by atoms with van der Waals surface area (Å²) in [5, 5.41) is 10.6. The second-order valence-electron chi connectivity index (χ2n) is 9.09. The zero-order valence-electron chi connectivity index (χ0n) is 19.1. The quantitative estimate of drug-likeness (QED) is 0.654. The second-order valence-corrected chi connectivity index (χ2v) is 9.09. The van der Waals surface area contributed by atoms with Gasteiger partial charge < -0.3 is 14.4 Å². The summed E-state index contributed by atoms with van der Waals surface area (Å²) in [6.45, 7) is 5.16. The Morgan fingerprint density at radius 1 is 0.970 bits per heavy atom. The summed E-state index contributed by atoms with van der Waals surface area (Å²) < 4.78 is 7.99. The molecule has 0 saturated carbocycles. The third-order valence-electron chi connectivity index (χ3n) is 6.93. The maximum atomic E-state index is 12.7. The number of aromatic hydroxyl groups is 1. The Labute approximate surface area is 194 Å². The van der Waals surface area contributed by atoms with Crippen LogP contribution in [0.4, 0.5) is 0 Å². The van der Waals surface area contributed by atoms with Gasteiger partial charge in [0.1, 0.15) is 0 Å². The second kappa shape index (κ2) is 9.51. The lowest BCUT2D eigenvalue weighted by Gasteiger charge is -2.34. The predicted molar refractivity (Wildman–Crippen MR) is 128 cm³/mol. The van der Waals surface area contributed by atoms with Gasteiger partial charge in [-0.3, -0.25) is 14.6 Å². The Morgan fingerprint density at radius 2 is 1.73 bits per heavy atom. The van der Waals surface area contributed by atoms with E-state index in [9.17, 15) is 9.90 Å². The zero-order valence-corrected chi connectivity index (χ0v) is 19.1. The molecule has 2 aliphatic rings. The minimum Gasteiger partial charge on any atom is -0.503 e. The van der Waals surface area contributed by atoms with E-state index in [0.29, 0.717) is 25.4 Å². The van der Waals surface area contributed by atoms with Crippen LogP contribution in [-0.2, 0) is 37.8 Å². The van der Waals surface area contributed by atoms with Crippen LogP contribution in [0.15, 0.2) is 65.5 Å². The van der Waals surface area contributed by atoms with Gasteiger partial charge in [-0.15, -0.1) is 0 Å². The van der Waals surface area contributed by atoms with Crippen molar-refractivity contribution in [2.75, 3.05) is 26.2 Å². The third kappa shape index (κ3) is 4.74. The molecule has 0 aliphatic carbocycles. The molecule has 1 saturated heterocycles. The predicted octanol–water partition coefficient (Wildman–Crippen LogP) is 3.22. The summed E-state index contributed by atoms with van der Waals surface area (Å²) in [5.41, 5.74) is 5.22. The van der Waals surface area contributed by atoms with E-state index in [1.165, 1.54) is 11.1 Å². The van der Waals surface area contributed by atoms with Crippen LogP contribution in [0.2, 0.25) is 0 Å². The molecule has 1 aromatic heterocycles. The van der Waals surface area contributed by atoms with Crippen LogP contribution in [0.25, 0.3) is 0 Å². The van der Waals surface area contributed by atoms with Crippen molar-refractivity contribution < 1.29 is 9.84 Å². The Balaban J connectivity index is 1.34. The Bertz CT molecular complexity index is 1170. The summed E-state index contributed by atoms with van der Waals surface area (Å²) >= 11 is 0. The van der Waals surface area contributed by atoms with Gasteiger partial charge in [0, 0.05) is 58.1 Å². The highest BCUT2D eigenvalue weighted by Gasteiger charge is 2.25. The van der Waals surface area contributed by atoms with Gasteiger partial charge in [0.15, 0.2) is 5.75 Å². The molecule has 0 unspecified atom stereocenters. The van der Waals surface area contributed by atoms with E-state index in [2.05, 4.69) is 46.2 Å². The number of rotatable bonds is 5. The molecule has 2 aliphatic heterocycles. The van der Waals surface area contributed by atoms with Gasteiger partial charge in [0.05, 0.1) is 18.4 Å². The molecule has 5 rings (SSSR count). The van der Waals surface area contributed by atoms with Crippen molar-refractivity contribution in [1.82, 2.24) is 14.4 Å². The number of morpholine rings is 1. The zero-order chi connectivity index (χ0) is 22.8. The monoisotopic (exact) mass is 445 g/mol. The maximum absolute atomic E-state index is 12.7. The van der Waals surface area contributed by atoms with E-state index in [4.69, 9.17) is 4.74 Å². The molecular formula is C27H31N3O3. The molecule has 172 valence electrons. The Kier molecular flexibility index (Phi) is 6.31. The number of aromatic nitrogens is 1. The molecule has 0 bridgehead atoms. The van der Waals surface area contributed by atoms with Crippen molar-refractivity contribution in [3.8, 4) is 5.75 Å². The number of nitrogens with zero attached hydrogens (tertiary/aromatic N) is 3. The third-order valence-corrected chi connectivity index (χ3v) is 6.93. The van der Waals surface area contributed by atoms with Crippen molar-refractivity contribution in [2.24, 2.45) is 7.05 Å². The van der Waals surface area contributed by atoms with Crippen LogP contribution in [0.1, 0.15) is 34.2 Å². The highest BCUT2D eigenvalue weighted by Crippen LogP contribution is 2.25. The molecule has 1 fully saturated rings. The van der Waals surface area contributed by atoms with E-state index < -0.39 is 0 Å². The highest BCUT2D eigenvalue weighted by atomic mass is 16.5. The van der Waals surface area contributed by atoms with Crippen LogP contribution >= 0.6 is 0 Å². The molecule has 3 heterocycles. The van der Waals surface area contributed by atoms with Gasteiger partial charge in [0.2, 0.25) is 5.43 Å². The smallest absolute Gasteiger partial charge is 0.223 e. The van der Waals surface area contributed by atoms with Gasteiger partial charge in [-0.1, -0.05) is 54.6 Å². The fourth-order valence-electron chi connectivity index (χ4n) is 4.97. The summed E-state index contributed by atoms with van der Waals surface area (Å²) in [6, 6.07) is 20.4. The van der Waals surface area contributed by atoms with E-state index in [1.807, 2.05) is 29.8 Å². The van der Waals surface area contributed by atoms with Gasteiger partial charge >= 0.3 is 0 Å². The maximum Gasteiger partial charge on any atom is 0.223 e. The van der Waals surface area contributed by atoms with Gasteiger partial charge in [-0.25, -0.2) is 0 Å². The van der Waals surface area contributed by atoms with Crippen molar-refractivity contribution >= 4 is 0 Å². The molecular weight excluding hydrogens is 414 g/mol. The van der Waals surface area contributed by atoms with Crippen LogP contribution in [-0.4, -0.2) is 45.7 Å². The minimum atomic E-state index is -0.302. The molecule has 1 atom stereocenters. The fourth-order valence-corrected chi connectivity index (χ4v) is 4.97. The average Bonchev–Trinajstić information content (AvgIpc) is 2.86. The SMILES string of the molecule is Cn1c(CN2CCc3ccccc3C2)cc(=O)c(O)c1CN1CCO[C@H](c2ccccc2)C1. The molecule has 33 heavy (non-hydrogen) atoms. The first-order valence-corrected chi connectivity index (χ1v) is 11.7. The number of hydrogen-bond donors (Lipinski definition) is 1. The molecule has 2 aromatic carbocycles. The fraction of sp³-hybridized carbons (Fsp3) is 0.370. The molecule has 0 spiro atoms. The Morgan fingerprint density at radius 3 is 2.55 bits per heavy atom.